The Kier molecular flexibility index (Phi) is 4.05. The fourth-order valence-corrected chi connectivity index (χ4v) is 3.47. The highest BCUT2D eigenvalue weighted by Crippen LogP contribution is 2.24. The highest BCUT2D eigenvalue weighted by molar-refractivity contribution is 7.89. The van der Waals surface area contributed by atoms with Gasteiger partial charge in [0.05, 0.1) is 18.8 Å². The van der Waals surface area contributed by atoms with Crippen LogP contribution in [0.2, 0.25) is 0 Å². The number of amides is 2. The molecule has 2 N–H and O–H groups in total. The predicted molar refractivity (Wildman–Crippen MR) is 72.5 cm³/mol. The van der Waals surface area contributed by atoms with E-state index in [9.17, 15) is 18.0 Å². The minimum absolute atomic E-state index is 0.0596. The third-order valence-corrected chi connectivity index (χ3v) is 4.64. The van der Waals surface area contributed by atoms with Crippen LogP contribution in [-0.4, -0.2) is 44.2 Å². The normalized spacial score (nSPS) is 16.9. The summed E-state index contributed by atoms with van der Waals surface area (Å²) in [5, 5.41) is 5.03. The van der Waals surface area contributed by atoms with Gasteiger partial charge in [-0.15, -0.1) is 0 Å². The number of carbonyl (C=O) groups excluding carboxylic acids is 2. The first kappa shape index (κ1) is 14.5. The molecule has 20 heavy (non-hydrogen) atoms. The Morgan fingerprint density at radius 1 is 1.20 bits per heavy atom. The summed E-state index contributed by atoms with van der Waals surface area (Å²) in [6, 6.07) is 6.40. The summed E-state index contributed by atoms with van der Waals surface area (Å²) in [7, 11) is -3.89. The molecule has 1 saturated heterocycles. The van der Waals surface area contributed by atoms with Crippen molar-refractivity contribution in [2.24, 2.45) is 0 Å². The molecular weight excluding hydrogens is 282 g/mol. The van der Waals surface area contributed by atoms with Crippen LogP contribution in [-0.2, 0) is 19.6 Å². The van der Waals surface area contributed by atoms with Gasteiger partial charge in [-0.2, -0.15) is 4.31 Å². The number of hydrogen-bond donors (Lipinski definition) is 2. The maximum atomic E-state index is 12.5. The molecule has 2 amide bonds. The van der Waals surface area contributed by atoms with E-state index in [2.05, 4.69) is 10.6 Å². The van der Waals surface area contributed by atoms with E-state index in [-0.39, 0.29) is 18.0 Å². The van der Waals surface area contributed by atoms with Crippen LogP contribution in [0.25, 0.3) is 0 Å². The fourth-order valence-electron chi connectivity index (χ4n) is 1.95. The molecule has 0 atom stereocenters. The summed E-state index contributed by atoms with van der Waals surface area (Å²) in [6.07, 6.45) is 0. The molecule has 1 aromatic rings. The Hall–Kier alpha value is -1.93. The first-order valence-corrected chi connectivity index (χ1v) is 7.55. The zero-order chi connectivity index (χ0) is 14.8. The lowest BCUT2D eigenvalue weighted by Gasteiger charge is -2.25. The average Bonchev–Trinajstić information content (AvgIpc) is 2.38. The highest BCUT2D eigenvalue weighted by atomic mass is 32.2. The van der Waals surface area contributed by atoms with Crippen molar-refractivity contribution in [2.75, 3.05) is 25.0 Å². The third-order valence-electron chi connectivity index (χ3n) is 2.79. The summed E-state index contributed by atoms with van der Waals surface area (Å²) in [5.41, 5.74) is 0.452. The van der Waals surface area contributed by atoms with Gasteiger partial charge in [-0.05, 0) is 19.1 Å². The number of para-hydroxylation sites is 1. The minimum atomic E-state index is -3.89. The smallest absolute Gasteiger partial charge is 0.246 e. The van der Waals surface area contributed by atoms with Gasteiger partial charge in [0.25, 0.3) is 0 Å². The van der Waals surface area contributed by atoms with Crippen molar-refractivity contribution in [3.05, 3.63) is 24.3 Å². The molecule has 1 aliphatic heterocycles. The molecule has 0 bridgehead atoms. The van der Waals surface area contributed by atoms with E-state index >= 15 is 0 Å². The van der Waals surface area contributed by atoms with Gasteiger partial charge in [-0.3, -0.25) is 14.9 Å². The second kappa shape index (κ2) is 5.59. The van der Waals surface area contributed by atoms with Crippen LogP contribution < -0.4 is 10.6 Å². The Balaban J connectivity index is 2.40. The lowest BCUT2D eigenvalue weighted by atomic mass is 10.3. The number of carbonyl (C=O) groups is 2. The van der Waals surface area contributed by atoms with Crippen LogP contribution in [0.4, 0.5) is 5.69 Å². The molecule has 0 aromatic heterocycles. The van der Waals surface area contributed by atoms with E-state index in [1.807, 2.05) is 6.92 Å². The molecule has 0 spiro atoms. The molecule has 8 heteroatoms. The van der Waals surface area contributed by atoms with Crippen LogP contribution in [0, 0.1) is 0 Å². The van der Waals surface area contributed by atoms with Crippen molar-refractivity contribution in [1.82, 2.24) is 9.62 Å². The summed E-state index contributed by atoms with van der Waals surface area (Å²) < 4.78 is 25.9. The standard InChI is InChI=1S/C12H15N3O4S/c1-2-13-9-5-3-4-6-10(9)20(18,19)15-7-11(16)14-12(17)8-15/h3-6,13H,2,7-8H2,1H3,(H,14,16,17). The average molecular weight is 297 g/mol. The largest absolute Gasteiger partial charge is 0.384 e. The van der Waals surface area contributed by atoms with E-state index in [4.69, 9.17) is 0 Å². The number of rotatable bonds is 4. The molecule has 1 heterocycles. The van der Waals surface area contributed by atoms with E-state index in [0.29, 0.717) is 12.2 Å². The Bertz CT molecular complexity index is 626. The Morgan fingerprint density at radius 2 is 1.80 bits per heavy atom. The molecule has 0 saturated carbocycles. The lowest BCUT2D eigenvalue weighted by Crippen LogP contribution is -2.53. The van der Waals surface area contributed by atoms with E-state index in [0.717, 1.165) is 4.31 Å². The second-order valence-electron chi connectivity index (χ2n) is 4.27. The maximum Gasteiger partial charge on any atom is 0.246 e. The molecule has 0 aliphatic carbocycles. The molecule has 1 aromatic carbocycles. The Morgan fingerprint density at radius 3 is 2.40 bits per heavy atom. The third kappa shape index (κ3) is 2.81. The molecular formula is C12H15N3O4S. The molecule has 108 valence electrons. The first-order chi connectivity index (χ1) is 9.45. The van der Waals surface area contributed by atoms with Crippen LogP contribution in [0.5, 0.6) is 0 Å². The number of sulfonamides is 1. The minimum Gasteiger partial charge on any atom is -0.384 e. The summed E-state index contributed by atoms with van der Waals surface area (Å²) in [4.78, 5) is 22.7. The number of hydrogen-bond acceptors (Lipinski definition) is 5. The van der Waals surface area contributed by atoms with Gasteiger partial charge < -0.3 is 5.32 Å². The monoisotopic (exact) mass is 297 g/mol. The van der Waals surface area contributed by atoms with Crippen LogP contribution in [0.1, 0.15) is 6.92 Å². The van der Waals surface area contributed by atoms with Crippen LogP contribution >= 0.6 is 0 Å². The first-order valence-electron chi connectivity index (χ1n) is 6.11. The highest BCUT2D eigenvalue weighted by Gasteiger charge is 2.34. The molecule has 1 aliphatic rings. The SMILES string of the molecule is CCNc1ccccc1S(=O)(=O)N1CC(=O)NC(=O)C1. The van der Waals surface area contributed by atoms with Crippen molar-refractivity contribution in [1.29, 1.82) is 0 Å². The summed E-state index contributed by atoms with van der Waals surface area (Å²) >= 11 is 0. The van der Waals surface area contributed by atoms with E-state index < -0.39 is 21.8 Å². The van der Waals surface area contributed by atoms with Crippen molar-refractivity contribution >= 4 is 27.5 Å². The topological polar surface area (TPSA) is 95.6 Å². The molecule has 7 nitrogen and oxygen atoms in total. The number of imide groups is 1. The summed E-state index contributed by atoms with van der Waals surface area (Å²) in [6.45, 7) is 1.70. The van der Waals surface area contributed by atoms with Crippen LogP contribution in [0.3, 0.4) is 0 Å². The van der Waals surface area contributed by atoms with Crippen molar-refractivity contribution < 1.29 is 18.0 Å². The number of piperazine rings is 1. The van der Waals surface area contributed by atoms with E-state index in [1.54, 1.807) is 18.2 Å². The van der Waals surface area contributed by atoms with Crippen molar-refractivity contribution in [3.8, 4) is 0 Å². The van der Waals surface area contributed by atoms with Gasteiger partial charge in [0.1, 0.15) is 4.90 Å². The number of benzene rings is 1. The van der Waals surface area contributed by atoms with E-state index in [1.165, 1.54) is 6.07 Å². The molecule has 0 radical (unpaired) electrons. The molecule has 1 fully saturated rings. The van der Waals surface area contributed by atoms with Gasteiger partial charge >= 0.3 is 0 Å². The Labute approximate surface area is 117 Å². The van der Waals surface area contributed by atoms with Gasteiger partial charge in [-0.25, -0.2) is 8.42 Å². The van der Waals surface area contributed by atoms with Crippen LogP contribution in [0.15, 0.2) is 29.2 Å². The predicted octanol–water partition coefficient (Wildman–Crippen LogP) is -0.234. The maximum absolute atomic E-state index is 12.5. The number of anilines is 1. The fraction of sp³-hybridized carbons (Fsp3) is 0.333. The van der Waals surface area contributed by atoms with Gasteiger partial charge in [0, 0.05) is 6.54 Å². The quantitative estimate of drug-likeness (QED) is 0.748. The van der Waals surface area contributed by atoms with Gasteiger partial charge in [0.2, 0.25) is 21.8 Å². The number of nitrogens with one attached hydrogen (secondary N) is 2. The zero-order valence-corrected chi connectivity index (χ0v) is 11.7. The molecule has 2 rings (SSSR count). The second-order valence-corrected chi connectivity index (χ2v) is 6.18. The van der Waals surface area contributed by atoms with Gasteiger partial charge in [-0.1, -0.05) is 12.1 Å². The van der Waals surface area contributed by atoms with Crippen molar-refractivity contribution in [3.63, 3.8) is 0 Å². The summed E-state index contributed by atoms with van der Waals surface area (Å²) in [5.74, 6) is -1.24. The lowest BCUT2D eigenvalue weighted by molar-refractivity contribution is -0.134. The van der Waals surface area contributed by atoms with Crippen molar-refractivity contribution in [2.45, 2.75) is 11.8 Å². The molecule has 0 unspecified atom stereocenters. The van der Waals surface area contributed by atoms with Gasteiger partial charge in [0.15, 0.2) is 0 Å². The number of nitrogens with zero attached hydrogens (tertiary/aromatic N) is 1. The zero-order valence-electron chi connectivity index (χ0n) is 10.9.